The quantitative estimate of drug-likeness (QED) is 0.759. The number of carbonyl (C=O) groups excluding carboxylic acids is 1. The summed E-state index contributed by atoms with van der Waals surface area (Å²) >= 11 is 3.15. The Kier molecular flexibility index (Phi) is 1.54. The zero-order valence-electron chi connectivity index (χ0n) is 7.18. The normalized spacial score (nSPS) is 27.7. The van der Waals surface area contributed by atoms with E-state index in [2.05, 4.69) is 21.2 Å². The van der Waals surface area contributed by atoms with Gasteiger partial charge in [0.2, 0.25) is 5.91 Å². The van der Waals surface area contributed by atoms with Gasteiger partial charge >= 0.3 is 0 Å². The van der Waals surface area contributed by atoms with Gasteiger partial charge in [0, 0.05) is 11.6 Å². The van der Waals surface area contributed by atoms with Crippen molar-refractivity contribution in [3.05, 3.63) is 28.0 Å². The van der Waals surface area contributed by atoms with Crippen molar-refractivity contribution in [2.24, 2.45) is 5.92 Å². The Balaban J connectivity index is 2.17. The first kappa shape index (κ1) is 8.41. The maximum atomic E-state index is 13.2. The van der Waals surface area contributed by atoms with Crippen LogP contribution < -0.4 is 5.32 Å². The highest BCUT2D eigenvalue weighted by Crippen LogP contribution is 2.53. The van der Waals surface area contributed by atoms with E-state index < -0.39 is 0 Å². The van der Waals surface area contributed by atoms with Crippen LogP contribution in [0.3, 0.4) is 0 Å². The van der Waals surface area contributed by atoms with Gasteiger partial charge in [-0.2, -0.15) is 0 Å². The molecule has 1 aromatic rings. The summed E-state index contributed by atoms with van der Waals surface area (Å²) in [7, 11) is 0. The summed E-state index contributed by atoms with van der Waals surface area (Å²) in [5.41, 5.74) is 1.69. The number of carbonyl (C=O) groups is 1. The highest BCUT2D eigenvalue weighted by atomic mass is 79.9. The van der Waals surface area contributed by atoms with Crippen molar-refractivity contribution >= 4 is 27.5 Å². The second-order valence-electron chi connectivity index (χ2n) is 3.79. The van der Waals surface area contributed by atoms with Gasteiger partial charge in [-0.3, -0.25) is 4.79 Å². The van der Waals surface area contributed by atoms with E-state index in [0.717, 1.165) is 12.0 Å². The van der Waals surface area contributed by atoms with E-state index >= 15 is 0 Å². The number of fused-ring (bicyclic) bond motifs is 3. The van der Waals surface area contributed by atoms with Crippen LogP contribution in [0, 0.1) is 11.7 Å². The van der Waals surface area contributed by atoms with Crippen LogP contribution >= 0.6 is 15.9 Å². The molecule has 0 spiro atoms. The zero-order chi connectivity index (χ0) is 9.87. The molecule has 0 aromatic heterocycles. The minimum atomic E-state index is -0.330. The summed E-state index contributed by atoms with van der Waals surface area (Å²) in [6.07, 6.45) is 0.900. The highest BCUT2D eigenvalue weighted by molar-refractivity contribution is 9.10. The molecule has 4 heteroatoms. The molecule has 2 aliphatic rings. The fourth-order valence-electron chi connectivity index (χ4n) is 2.03. The lowest BCUT2D eigenvalue weighted by atomic mass is 10.0. The first-order valence-corrected chi connectivity index (χ1v) is 5.26. The molecule has 1 aliphatic carbocycles. The van der Waals surface area contributed by atoms with Crippen molar-refractivity contribution < 1.29 is 9.18 Å². The van der Waals surface area contributed by atoms with Crippen molar-refractivity contribution in [2.75, 3.05) is 5.32 Å². The molecule has 1 saturated carbocycles. The SMILES string of the molecule is O=C1Nc2cc(F)c(Br)cc2C2CC12. The molecule has 14 heavy (non-hydrogen) atoms. The van der Waals surface area contributed by atoms with E-state index in [-0.39, 0.29) is 17.6 Å². The summed E-state index contributed by atoms with van der Waals surface area (Å²) in [6.45, 7) is 0. The molecule has 2 nitrogen and oxygen atoms in total. The highest BCUT2D eigenvalue weighted by Gasteiger charge is 2.48. The van der Waals surface area contributed by atoms with E-state index in [1.54, 1.807) is 6.07 Å². The van der Waals surface area contributed by atoms with Gasteiger partial charge < -0.3 is 5.32 Å². The smallest absolute Gasteiger partial charge is 0.228 e. The second-order valence-corrected chi connectivity index (χ2v) is 4.65. The van der Waals surface area contributed by atoms with Crippen LogP contribution in [0.4, 0.5) is 10.1 Å². The van der Waals surface area contributed by atoms with E-state index in [1.165, 1.54) is 6.07 Å². The topological polar surface area (TPSA) is 29.1 Å². The summed E-state index contributed by atoms with van der Waals surface area (Å²) in [5.74, 6) is 0.142. The van der Waals surface area contributed by atoms with Gasteiger partial charge in [-0.25, -0.2) is 4.39 Å². The van der Waals surface area contributed by atoms with E-state index in [1.807, 2.05) is 0 Å². The molecule has 1 aromatic carbocycles. The van der Waals surface area contributed by atoms with Crippen molar-refractivity contribution in [2.45, 2.75) is 12.3 Å². The average Bonchev–Trinajstić information content (AvgIpc) is 2.89. The molecule has 3 rings (SSSR count). The predicted molar refractivity (Wildman–Crippen MR) is 53.6 cm³/mol. The number of benzene rings is 1. The number of amides is 1. The molecule has 72 valence electrons. The molecule has 2 atom stereocenters. The number of nitrogens with one attached hydrogen (secondary N) is 1. The number of rotatable bonds is 0. The molecule has 1 aliphatic heterocycles. The molecule has 0 radical (unpaired) electrons. The molecule has 1 heterocycles. The van der Waals surface area contributed by atoms with E-state index in [9.17, 15) is 9.18 Å². The van der Waals surface area contributed by atoms with Crippen LogP contribution in [0.15, 0.2) is 16.6 Å². The molecule has 2 unspecified atom stereocenters. The fraction of sp³-hybridized carbons (Fsp3) is 0.300. The van der Waals surface area contributed by atoms with Gasteiger partial charge in [0.1, 0.15) is 5.82 Å². The van der Waals surface area contributed by atoms with Gasteiger partial charge in [0.15, 0.2) is 0 Å². The molecular formula is C10H7BrFNO. The summed E-state index contributed by atoms with van der Waals surface area (Å²) < 4.78 is 13.6. The van der Waals surface area contributed by atoms with Crippen LogP contribution in [0.25, 0.3) is 0 Å². The summed E-state index contributed by atoms with van der Waals surface area (Å²) in [5, 5.41) is 2.72. The Morgan fingerprint density at radius 3 is 3.00 bits per heavy atom. The third-order valence-electron chi connectivity index (χ3n) is 2.88. The minimum absolute atomic E-state index is 0.0317. The Morgan fingerprint density at radius 2 is 2.21 bits per heavy atom. The molecule has 0 saturated heterocycles. The average molecular weight is 256 g/mol. The van der Waals surface area contributed by atoms with Crippen LogP contribution in [-0.2, 0) is 4.79 Å². The fourth-order valence-corrected chi connectivity index (χ4v) is 2.39. The molecule has 1 amide bonds. The lowest BCUT2D eigenvalue weighted by Gasteiger charge is -2.16. The Bertz CT molecular complexity index is 446. The van der Waals surface area contributed by atoms with Crippen molar-refractivity contribution in [1.82, 2.24) is 0 Å². The monoisotopic (exact) mass is 255 g/mol. The third-order valence-corrected chi connectivity index (χ3v) is 3.48. The van der Waals surface area contributed by atoms with Gasteiger partial charge in [-0.15, -0.1) is 0 Å². The van der Waals surface area contributed by atoms with Crippen molar-refractivity contribution in [3.63, 3.8) is 0 Å². The van der Waals surface area contributed by atoms with Crippen LogP contribution in [-0.4, -0.2) is 5.91 Å². The number of hydrogen-bond acceptors (Lipinski definition) is 1. The van der Waals surface area contributed by atoms with E-state index in [4.69, 9.17) is 0 Å². The van der Waals surface area contributed by atoms with Crippen LogP contribution in [0.5, 0.6) is 0 Å². The van der Waals surface area contributed by atoms with Crippen molar-refractivity contribution in [1.29, 1.82) is 0 Å². The summed E-state index contributed by atoms with van der Waals surface area (Å²) in [4.78, 5) is 11.3. The Hall–Kier alpha value is -0.900. The number of anilines is 1. The first-order valence-electron chi connectivity index (χ1n) is 4.46. The number of halogens is 2. The van der Waals surface area contributed by atoms with E-state index in [0.29, 0.717) is 16.1 Å². The second kappa shape index (κ2) is 2.57. The maximum Gasteiger partial charge on any atom is 0.228 e. The lowest BCUT2D eigenvalue weighted by Crippen LogP contribution is -2.19. The summed E-state index contributed by atoms with van der Waals surface area (Å²) in [6, 6.07) is 3.15. The van der Waals surface area contributed by atoms with Gasteiger partial charge in [-0.1, -0.05) is 0 Å². The lowest BCUT2D eigenvalue weighted by molar-refractivity contribution is -0.117. The first-order chi connectivity index (χ1) is 6.66. The Labute approximate surface area is 88.6 Å². The maximum absolute atomic E-state index is 13.2. The largest absolute Gasteiger partial charge is 0.325 e. The molecular weight excluding hydrogens is 249 g/mol. The van der Waals surface area contributed by atoms with Gasteiger partial charge in [0.05, 0.1) is 4.47 Å². The van der Waals surface area contributed by atoms with Gasteiger partial charge in [0.25, 0.3) is 0 Å². The molecule has 0 bridgehead atoms. The Morgan fingerprint density at radius 1 is 1.43 bits per heavy atom. The van der Waals surface area contributed by atoms with Gasteiger partial charge in [-0.05, 0) is 46.0 Å². The molecule has 1 fully saturated rings. The third kappa shape index (κ3) is 1.03. The standard InChI is InChI=1S/C10H7BrFNO/c11-7-2-5-4-1-6(4)10(14)13-9(5)3-8(7)12/h2-4,6H,1H2,(H,13,14). The zero-order valence-corrected chi connectivity index (χ0v) is 8.77. The minimum Gasteiger partial charge on any atom is -0.325 e. The number of hydrogen-bond donors (Lipinski definition) is 1. The van der Waals surface area contributed by atoms with Crippen LogP contribution in [0.1, 0.15) is 17.9 Å². The van der Waals surface area contributed by atoms with Crippen LogP contribution in [0.2, 0.25) is 0 Å². The molecule has 1 N–H and O–H groups in total. The predicted octanol–water partition coefficient (Wildman–Crippen LogP) is 2.64. The van der Waals surface area contributed by atoms with Crippen molar-refractivity contribution in [3.8, 4) is 0 Å².